The van der Waals surface area contributed by atoms with E-state index in [4.69, 9.17) is 4.74 Å². The Labute approximate surface area is 264 Å². The van der Waals surface area contributed by atoms with Crippen LogP contribution in [0.4, 0.5) is 17.1 Å². The maximum absolute atomic E-state index is 14.4. The first-order valence-corrected chi connectivity index (χ1v) is 15.3. The number of nitro benzene ring substituents is 1. The summed E-state index contributed by atoms with van der Waals surface area (Å²) in [6, 6.07) is 21.3. The largest absolute Gasteiger partial charge is 0.491 e. The van der Waals surface area contributed by atoms with Crippen molar-refractivity contribution in [2.24, 2.45) is 29.1 Å². The van der Waals surface area contributed by atoms with E-state index in [1.807, 2.05) is 31.2 Å². The number of fused-ring (bicyclic) bond motifs is 4. The first-order chi connectivity index (χ1) is 22.2. The van der Waals surface area contributed by atoms with E-state index in [1.54, 1.807) is 36.4 Å². The summed E-state index contributed by atoms with van der Waals surface area (Å²) in [4.78, 5) is 69.6. The van der Waals surface area contributed by atoms with Crippen molar-refractivity contribution in [2.75, 3.05) is 23.0 Å². The zero-order chi connectivity index (χ0) is 32.3. The lowest BCUT2D eigenvalue weighted by atomic mass is 9.51. The number of aliphatic hydroxyl groups excluding tert-OH is 1. The van der Waals surface area contributed by atoms with Crippen LogP contribution < -0.4 is 14.5 Å². The first-order valence-electron chi connectivity index (χ1n) is 15.3. The number of ether oxygens (including phenoxy) is 1. The van der Waals surface area contributed by atoms with Crippen molar-refractivity contribution in [1.82, 2.24) is 0 Å². The Kier molecular flexibility index (Phi) is 7.08. The number of imide groups is 2. The molecule has 46 heavy (non-hydrogen) atoms. The van der Waals surface area contributed by atoms with E-state index in [0.717, 1.165) is 16.0 Å². The van der Waals surface area contributed by atoms with E-state index in [0.29, 0.717) is 11.4 Å². The van der Waals surface area contributed by atoms with Gasteiger partial charge in [-0.1, -0.05) is 42.0 Å². The minimum atomic E-state index is -1.17. The second kappa shape index (κ2) is 11.0. The lowest BCUT2D eigenvalue weighted by Crippen LogP contribution is -2.48. The van der Waals surface area contributed by atoms with Crippen LogP contribution in [0.3, 0.4) is 0 Å². The van der Waals surface area contributed by atoms with E-state index in [1.165, 1.54) is 29.2 Å². The average Bonchev–Trinajstić information content (AvgIpc) is 3.44. The Balaban J connectivity index is 1.31. The molecule has 6 atom stereocenters. The summed E-state index contributed by atoms with van der Waals surface area (Å²) in [7, 11) is 0. The fourth-order valence-electron chi connectivity index (χ4n) is 8.12. The minimum absolute atomic E-state index is 0.124. The Morgan fingerprint density at radius 2 is 1.54 bits per heavy atom. The zero-order valence-electron chi connectivity index (χ0n) is 24.9. The van der Waals surface area contributed by atoms with Crippen molar-refractivity contribution in [3.8, 4) is 5.75 Å². The number of hydrogen-bond donors (Lipinski definition) is 1. The molecular weight excluding hydrogens is 590 g/mol. The topological polar surface area (TPSA) is 147 Å². The molecule has 4 amide bonds. The van der Waals surface area contributed by atoms with Crippen molar-refractivity contribution in [2.45, 2.75) is 25.7 Å². The van der Waals surface area contributed by atoms with Gasteiger partial charge in [0.1, 0.15) is 12.4 Å². The predicted molar refractivity (Wildman–Crippen MR) is 166 cm³/mol. The summed E-state index contributed by atoms with van der Waals surface area (Å²) >= 11 is 0. The minimum Gasteiger partial charge on any atom is -0.491 e. The van der Waals surface area contributed by atoms with Gasteiger partial charge in [0.05, 0.1) is 46.1 Å². The van der Waals surface area contributed by atoms with E-state index < -0.39 is 45.8 Å². The number of carbonyl (C=O) groups is 4. The highest BCUT2D eigenvalue weighted by Gasteiger charge is 2.67. The molecule has 2 heterocycles. The van der Waals surface area contributed by atoms with Crippen molar-refractivity contribution in [1.29, 1.82) is 0 Å². The van der Waals surface area contributed by atoms with Crippen LogP contribution in [0.25, 0.3) is 0 Å². The molecule has 0 aromatic heterocycles. The van der Waals surface area contributed by atoms with Gasteiger partial charge in [-0.3, -0.25) is 34.2 Å². The number of aliphatic hydroxyl groups is 1. The van der Waals surface area contributed by atoms with Gasteiger partial charge in [0.25, 0.3) is 5.69 Å². The van der Waals surface area contributed by atoms with Crippen LogP contribution in [0, 0.1) is 39.2 Å². The fraction of sp³-hybridized carbons (Fsp3) is 0.314. The normalized spacial score (nSPS) is 28.5. The van der Waals surface area contributed by atoms with Gasteiger partial charge in [-0.2, -0.15) is 0 Å². The number of rotatable bonds is 7. The third kappa shape index (κ3) is 4.29. The Morgan fingerprint density at radius 1 is 0.870 bits per heavy atom. The van der Waals surface area contributed by atoms with Crippen LogP contribution in [-0.4, -0.2) is 46.9 Å². The van der Waals surface area contributed by atoms with Crippen LogP contribution in [0.15, 0.2) is 90.5 Å². The molecule has 3 aromatic rings. The van der Waals surface area contributed by atoms with E-state index >= 15 is 0 Å². The standard InChI is InChI=1S/C35H31N3O8/c1-35-28(32(41)37(34(35)43)21-5-3-2-4-6-21)19-27-25(30(35)20-7-13-24(14-8-20)46-18-17-39)15-16-26-29(27)33(42)36(31(26)40)22-9-11-23(12-10-22)38(44)45/h2-15,26-30,39H,16-19H2,1H3/t26-,27+,28-,29-,30-,35+/m0/s1. The molecule has 2 aliphatic carbocycles. The van der Waals surface area contributed by atoms with Crippen LogP contribution in [0.5, 0.6) is 5.75 Å². The summed E-state index contributed by atoms with van der Waals surface area (Å²) in [5.41, 5.74) is 1.05. The molecule has 11 heteroatoms. The summed E-state index contributed by atoms with van der Waals surface area (Å²) < 4.78 is 5.57. The highest BCUT2D eigenvalue weighted by atomic mass is 16.6. The van der Waals surface area contributed by atoms with Gasteiger partial charge in [0.15, 0.2) is 0 Å². The highest BCUT2D eigenvalue weighted by molar-refractivity contribution is 6.25. The molecule has 1 N–H and O–H groups in total. The molecule has 2 aliphatic heterocycles. The number of nitrogens with zero attached hydrogens (tertiary/aromatic N) is 3. The second-order valence-electron chi connectivity index (χ2n) is 12.4. The molecule has 234 valence electrons. The third-order valence-corrected chi connectivity index (χ3v) is 10.2. The molecule has 0 radical (unpaired) electrons. The fourth-order valence-corrected chi connectivity index (χ4v) is 8.12. The lowest BCUT2D eigenvalue weighted by Gasteiger charge is -2.49. The van der Waals surface area contributed by atoms with Crippen molar-refractivity contribution in [3.05, 3.63) is 106 Å². The molecule has 2 saturated heterocycles. The van der Waals surface area contributed by atoms with Gasteiger partial charge >= 0.3 is 0 Å². The van der Waals surface area contributed by atoms with Crippen molar-refractivity contribution < 1.29 is 33.9 Å². The molecule has 0 bridgehead atoms. The summed E-state index contributed by atoms with van der Waals surface area (Å²) in [6.07, 6.45) is 2.48. The molecule has 4 aliphatic rings. The van der Waals surface area contributed by atoms with Crippen LogP contribution in [0.2, 0.25) is 0 Å². The summed E-state index contributed by atoms with van der Waals surface area (Å²) in [5.74, 6) is -4.12. The molecule has 7 rings (SSSR count). The molecule has 0 unspecified atom stereocenters. The number of allylic oxidation sites excluding steroid dienone is 2. The molecular formula is C35H31N3O8. The summed E-state index contributed by atoms with van der Waals surface area (Å²) in [5, 5.41) is 20.4. The molecule has 0 spiro atoms. The van der Waals surface area contributed by atoms with E-state index in [-0.39, 0.29) is 55.2 Å². The van der Waals surface area contributed by atoms with Crippen molar-refractivity contribution in [3.63, 3.8) is 0 Å². The summed E-state index contributed by atoms with van der Waals surface area (Å²) in [6.45, 7) is 1.81. The number of para-hydroxylation sites is 1. The van der Waals surface area contributed by atoms with Gasteiger partial charge < -0.3 is 9.84 Å². The maximum Gasteiger partial charge on any atom is 0.269 e. The molecule has 3 fully saturated rings. The zero-order valence-corrected chi connectivity index (χ0v) is 24.9. The number of carbonyl (C=O) groups excluding carboxylic acids is 4. The van der Waals surface area contributed by atoms with Gasteiger partial charge in [0.2, 0.25) is 23.6 Å². The number of non-ortho nitro benzene ring substituents is 1. The van der Waals surface area contributed by atoms with Crippen LogP contribution >= 0.6 is 0 Å². The average molecular weight is 622 g/mol. The quantitative estimate of drug-likeness (QED) is 0.177. The number of anilines is 2. The number of hydrogen-bond acceptors (Lipinski definition) is 8. The van der Waals surface area contributed by atoms with Gasteiger partial charge in [-0.25, -0.2) is 4.90 Å². The predicted octanol–water partition coefficient (Wildman–Crippen LogP) is 4.40. The number of amides is 4. The van der Waals surface area contributed by atoms with Gasteiger partial charge in [-0.15, -0.1) is 0 Å². The van der Waals surface area contributed by atoms with Crippen molar-refractivity contribution >= 4 is 40.7 Å². The second-order valence-corrected chi connectivity index (χ2v) is 12.4. The van der Waals surface area contributed by atoms with Gasteiger partial charge in [0, 0.05) is 18.1 Å². The van der Waals surface area contributed by atoms with Crippen LogP contribution in [0.1, 0.15) is 31.2 Å². The Morgan fingerprint density at radius 3 is 2.20 bits per heavy atom. The monoisotopic (exact) mass is 621 g/mol. The highest BCUT2D eigenvalue weighted by Crippen LogP contribution is 2.63. The molecule has 3 aromatic carbocycles. The third-order valence-electron chi connectivity index (χ3n) is 10.2. The van der Waals surface area contributed by atoms with E-state index in [9.17, 15) is 34.4 Å². The smallest absolute Gasteiger partial charge is 0.269 e. The Hall–Kier alpha value is -5.16. The van der Waals surface area contributed by atoms with Gasteiger partial charge in [-0.05, 0) is 67.6 Å². The SMILES string of the molecule is C[C@@]12C(=O)N(c3ccccc3)C(=O)[C@@H]1C[C@@H]1C(=CC[C@@H]3C(=O)N(c4ccc([N+](=O)[O-])cc4)C(=O)[C@@H]31)[C@@H]2c1ccc(OCCO)cc1. The molecule has 11 nitrogen and oxygen atoms in total. The molecule has 1 saturated carbocycles. The lowest BCUT2D eigenvalue weighted by molar-refractivity contribution is -0.384. The Bertz CT molecular complexity index is 1790. The van der Waals surface area contributed by atoms with E-state index in [2.05, 4.69) is 0 Å². The first kappa shape index (κ1) is 29.5. The number of nitro groups is 1. The number of benzene rings is 3. The maximum atomic E-state index is 14.4. The van der Waals surface area contributed by atoms with Crippen LogP contribution in [-0.2, 0) is 19.2 Å².